The molecule has 112 valence electrons. The second-order valence-electron chi connectivity index (χ2n) is 5.52. The Labute approximate surface area is 124 Å². The first-order valence-corrected chi connectivity index (χ1v) is 7.09. The third-order valence-corrected chi connectivity index (χ3v) is 3.82. The topological polar surface area (TPSA) is 66.5 Å². The zero-order chi connectivity index (χ0) is 15.6. The molecule has 2 heterocycles. The van der Waals surface area contributed by atoms with E-state index in [0.29, 0.717) is 25.0 Å². The van der Waals surface area contributed by atoms with Crippen molar-refractivity contribution in [1.29, 1.82) is 0 Å². The molecule has 2 fully saturated rings. The zero-order valence-corrected chi connectivity index (χ0v) is 12.4. The number of piperidine rings is 2. The molecule has 1 atom stereocenters. The highest BCUT2D eigenvalue weighted by molar-refractivity contribution is 6.05. The Morgan fingerprint density at radius 1 is 1.29 bits per heavy atom. The van der Waals surface area contributed by atoms with Crippen molar-refractivity contribution in [2.45, 2.75) is 39.2 Å². The van der Waals surface area contributed by atoms with Gasteiger partial charge in [-0.2, -0.15) is 0 Å². The fraction of sp³-hybridized carbons (Fsp3) is 0.438. The Hall–Kier alpha value is -2.17. The lowest BCUT2D eigenvalue weighted by atomic mass is 9.90. The number of rotatable bonds is 2. The van der Waals surface area contributed by atoms with E-state index in [0.717, 1.165) is 11.1 Å². The molecule has 0 aromatic rings. The second-order valence-corrected chi connectivity index (χ2v) is 5.52. The summed E-state index contributed by atoms with van der Waals surface area (Å²) in [6, 6.07) is -0.546. The van der Waals surface area contributed by atoms with Crippen LogP contribution < -0.4 is 5.32 Å². The summed E-state index contributed by atoms with van der Waals surface area (Å²) < 4.78 is 0. The lowest BCUT2D eigenvalue weighted by Gasteiger charge is -2.37. The minimum atomic E-state index is -0.546. The number of imide groups is 1. The molecule has 0 saturated carbocycles. The number of likely N-dealkylation sites (tertiary alicyclic amines) is 1. The van der Waals surface area contributed by atoms with E-state index >= 15 is 0 Å². The van der Waals surface area contributed by atoms with Crippen molar-refractivity contribution < 1.29 is 14.4 Å². The predicted molar refractivity (Wildman–Crippen MR) is 79.2 cm³/mol. The Balaban J connectivity index is 2.29. The van der Waals surface area contributed by atoms with Crippen LogP contribution in [0.25, 0.3) is 0 Å². The van der Waals surface area contributed by atoms with E-state index in [1.165, 1.54) is 0 Å². The van der Waals surface area contributed by atoms with Crippen LogP contribution in [-0.4, -0.2) is 35.2 Å². The molecule has 0 spiro atoms. The van der Waals surface area contributed by atoms with Crippen LogP contribution >= 0.6 is 0 Å². The molecule has 2 saturated heterocycles. The maximum absolute atomic E-state index is 12.7. The quantitative estimate of drug-likeness (QED) is 0.618. The van der Waals surface area contributed by atoms with Crippen LogP contribution in [0.1, 0.15) is 33.1 Å². The number of amides is 3. The number of allylic oxidation sites excluding steroid dienone is 3. The molecule has 0 radical (unpaired) electrons. The maximum Gasteiger partial charge on any atom is 0.254 e. The fourth-order valence-electron chi connectivity index (χ4n) is 2.87. The summed E-state index contributed by atoms with van der Waals surface area (Å²) in [5.41, 5.74) is 2.54. The number of hydrogen-bond acceptors (Lipinski definition) is 3. The number of hydrogen-bond donors (Lipinski definition) is 1. The van der Waals surface area contributed by atoms with Crippen molar-refractivity contribution in [2.24, 2.45) is 0 Å². The predicted octanol–water partition coefficient (Wildman–Crippen LogP) is 1.47. The molecule has 0 aromatic carbocycles. The van der Waals surface area contributed by atoms with Crippen LogP contribution in [0.3, 0.4) is 0 Å². The van der Waals surface area contributed by atoms with Crippen molar-refractivity contribution in [3.05, 3.63) is 35.5 Å². The van der Waals surface area contributed by atoms with Gasteiger partial charge >= 0.3 is 0 Å². The van der Waals surface area contributed by atoms with Crippen molar-refractivity contribution in [3.63, 3.8) is 0 Å². The molecule has 21 heavy (non-hydrogen) atoms. The van der Waals surface area contributed by atoms with E-state index in [1.54, 1.807) is 11.0 Å². The van der Waals surface area contributed by atoms with Gasteiger partial charge in [-0.3, -0.25) is 19.7 Å². The Morgan fingerprint density at radius 2 is 2.00 bits per heavy atom. The minimum Gasteiger partial charge on any atom is -0.326 e. The molecule has 2 rings (SSSR count). The molecule has 2 aliphatic rings. The summed E-state index contributed by atoms with van der Waals surface area (Å²) in [5, 5.41) is 2.31. The SMILES string of the molecule is C=C/C=C1/CCN(C2CCC(=O)NC2=O)C(=O)C1=C(C)C. The van der Waals surface area contributed by atoms with Crippen LogP contribution in [0.4, 0.5) is 0 Å². The summed E-state index contributed by atoms with van der Waals surface area (Å²) >= 11 is 0. The van der Waals surface area contributed by atoms with Crippen molar-refractivity contribution in [3.8, 4) is 0 Å². The zero-order valence-electron chi connectivity index (χ0n) is 12.4. The molecule has 2 aliphatic heterocycles. The van der Waals surface area contributed by atoms with E-state index in [1.807, 2.05) is 19.9 Å². The lowest BCUT2D eigenvalue weighted by molar-refractivity contribution is -0.144. The van der Waals surface area contributed by atoms with Gasteiger partial charge in [-0.1, -0.05) is 24.3 Å². The summed E-state index contributed by atoms with van der Waals surface area (Å²) in [4.78, 5) is 37.5. The van der Waals surface area contributed by atoms with Gasteiger partial charge in [0.25, 0.3) is 5.91 Å². The summed E-state index contributed by atoms with van der Waals surface area (Å²) in [5.74, 6) is -0.775. The molecule has 5 heteroatoms. The molecule has 1 N–H and O–H groups in total. The van der Waals surface area contributed by atoms with Gasteiger partial charge in [0.1, 0.15) is 6.04 Å². The summed E-state index contributed by atoms with van der Waals surface area (Å²) in [6.45, 7) is 7.94. The smallest absolute Gasteiger partial charge is 0.254 e. The Morgan fingerprint density at radius 3 is 2.57 bits per heavy atom. The maximum atomic E-state index is 12.7. The Bertz CT molecular complexity index is 568. The van der Waals surface area contributed by atoms with Gasteiger partial charge in [0, 0.05) is 18.5 Å². The molecule has 0 bridgehead atoms. The van der Waals surface area contributed by atoms with Gasteiger partial charge in [0.15, 0.2) is 0 Å². The third kappa shape index (κ3) is 2.96. The second kappa shape index (κ2) is 6.08. The van der Waals surface area contributed by atoms with Gasteiger partial charge in [-0.15, -0.1) is 0 Å². The molecular weight excluding hydrogens is 268 g/mol. The first-order chi connectivity index (χ1) is 9.95. The minimum absolute atomic E-state index is 0.135. The van der Waals surface area contributed by atoms with Crippen LogP contribution in [0.15, 0.2) is 35.5 Å². The van der Waals surface area contributed by atoms with Gasteiger partial charge in [-0.05, 0) is 32.3 Å². The number of nitrogens with zero attached hydrogens (tertiary/aromatic N) is 1. The van der Waals surface area contributed by atoms with Gasteiger partial charge in [0.2, 0.25) is 11.8 Å². The van der Waals surface area contributed by atoms with Gasteiger partial charge < -0.3 is 4.90 Å². The van der Waals surface area contributed by atoms with Crippen molar-refractivity contribution >= 4 is 17.7 Å². The van der Waals surface area contributed by atoms with Crippen LogP contribution in [-0.2, 0) is 14.4 Å². The highest BCUT2D eigenvalue weighted by atomic mass is 16.2. The summed E-state index contributed by atoms with van der Waals surface area (Å²) in [7, 11) is 0. The highest BCUT2D eigenvalue weighted by Gasteiger charge is 2.38. The molecular formula is C16H20N2O3. The standard InChI is InChI=1S/C16H20N2O3/c1-4-5-11-8-9-18(16(21)14(11)10(2)3)12-6-7-13(19)17-15(12)20/h4-5,12H,1,6-9H2,2-3H3,(H,17,19,20)/b11-5-. The number of carbonyl (C=O) groups is 3. The molecule has 5 nitrogen and oxygen atoms in total. The molecule has 0 aliphatic carbocycles. The lowest BCUT2D eigenvalue weighted by Crippen LogP contribution is -2.56. The molecule has 1 unspecified atom stereocenters. The average Bonchev–Trinajstić information content (AvgIpc) is 2.40. The molecule has 3 amide bonds. The molecule has 0 aromatic heterocycles. The van der Waals surface area contributed by atoms with E-state index < -0.39 is 6.04 Å². The largest absolute Gasteiger partial charge is 0.326 e. The van der Waals surface area contributed by atoms with Crippen LogP contribution in [0.2, 0.25) is 0 Å². The average molecular weight is 288 g/mol. The Kier molecular flexibility index (Phi) is 4.40. The first-order valence-electron chi connectivity index (χ1n) is 7.09. The van der Waals surface area contributed by atoms with Crippen molar-refractivity contribution in [2.75, 3.05) is 6.54 Å². The van der Waals surface area contributed by atoms with Gasteiger partial charge in [-0.25, -0.2) is 0 Å². The van der Waals surface area contributed by atoms with E-state index in [4.69, 9.17) is 0 Å². The van der Waals surface area contributed by atoms with E-state index in [9.17, 15) is 14.4 Å². The van der Waals surface area contributed by atoms with Gasteiger partial charge in [0.05, 0.1) is 0 Å². The highest BCUT2D eigenvalue weighted by Crippen LogP contribution is 2.29. The normalized spacial score (nSPS) is 25.1. The fourth-order valence-corrected chi connectivity index (χ4v) is 2.87. The van der Waals surface area contributed by atoms with E-state index in [2.05, 4.69) is 11.9 Å². The summed E-state index contributed by atoms with van der Waals surface area (Å²) in [6.07, 6.45) is 4.89. The first kappa shape index (κ1) is 15.2. The van der Waals surface area contributed by atoms with Crippen LogP contribution in [0, 0.1) is 0 Å². The van der Waals surface area contributed by atoms with Crippen LogP contribution in [0.5, 0.6) is 0 Å². The van der Waals surface area contributed by atoms with E-state index in [-0.39, 0.29) is 24.1 Å². The van der Waals surface area contributed by atoms with Crippen molar-refractivity contribution in [1.82, 2.24) is 10.2 Å². The monoisotopic (exact) mass is 288 g/mol. The number of nitrogens with one attached hydrogen (secondary N) is 1. The number of carbonyl (C=O) groups excluding carboxylic acids is 3. The third-order valence-electron chi connectivity index (χ3n) is 3.82.